The minimum absolute atomic E-state index is 0.440. The lowest BCUT2D eigenvalue weighted by atomic mass is 10.2. The van der Waals surface area contributed by atoms with E-state index in [1.54, 1.807) is 19.6 Å². The molecule has 0 N–H and O–H groups in total. The summed E-state index contributed by atoms with van der Waals surface area (Å²) in [5.74, 6) is 0. The summed E-state index contributed by atoms with van der Waals surface area (Å²) >= 11 is 0. The van der Waals surface area contributed by atoms with E-state index in [4.69, 9.17) is 9.47 Å². The smallest absolute Gasteiger partial charge is 0.179 e. The predicted octanol–water partition coefficient (Wildman–Crippen LogP) is 2.63. The first-order valence-electron chi connectivity index (χ1n) is 5.29. The van der Waals surface area contributed by atoms with Crippen molar-refractivity contribution in [3.8, 4) is 0 Å². The molecule has 0 heterocycles. The lowest BCUT2D eigenvalue weighted by Crippen LogP contribution is -2.14. The molecule has 17 heavy (non-hydrogen) atoms. The average molecular weight is 254 g/mol. The summed E-state index contributed by atoms with van der Waals surface area (Å²) in [5, 5.41) is 1.66. The van der Waals surface area contributed by atoms with E-state index in [1.807, 2.05) is 38.1 Å². The second-order valence-corrected chi connectivity index (χ2v) is 5.08. The quantitative estimate of drug-likeness (QED) is 0.758. The minimum Gasteiger partial charge on any atom is -0.352 e. The van der Waals surface area contributed by atoms with Gasteiger partial charge in [-0.2, -0.15) is 0 Å². The highest BCUT2D eigenvalue weighted by molar-refractivity contribution is 7.88. The maximum atomic E-state index is 12.0. The molecule has 0 radical (unpaired) electrons. The zero-order chi connectivity index (χ0) is 12.8. The summed E-state index contributed by atoms with van der Waals surface area (Å²) < 4.78 is 22.2. The average Bonchev–Trinajstić information content (AvgIpc) is 2.31. The van der Waals surface area contributed by atoms with Crippen molar-refractivity contribution in [3.05, 3.63) is 40.8 Å². The van der Waals surface area contributed by atoms with Gasteiger partial charge in [-0.1, -0.05) is 17.7 Å². The fourth-order valence-electron chi connectivity index (χ4n) is 1.43. The Bertz CT molecular complexity index is 405. The molecule has 0 aromatic heterocycles. The van der Waals surface area contributed by atoms with E-state index in [0.717, 1.165) is 16.0 Å². The number of hydrogen-bond acceptors (Lipinski definition) is 3. The number of hydrogen-bond donors (Lipinski definition) is 0. The maximum absolute atomic E-state index is 12.0. The molecular formula is C13H18O3S. The summed E-state index contributed by atoms with van der Waals surface area (Å²) in [7, 11) is 1.94. The Labute approximate surface area is 105 Å². The van der Waals surface area contributed by atoms with Crippen molar-refractivity contribution in [2.75, 3.05) is 14.2 Å². The van der Waals surface area contributed by atoms with Crippen LogP contribution in [0.2, 0.25) is 0 Å². The van der Waals surface area contributed by atoms with Crippen LogP contribution in [-0.4, -0.2) is 24.7 Å². The summed E-state index contributed by atoms with van der Waals surface area (Å²) in [6.07, 6.45) is -0.440. The third kappa shape index (κ3) is 4.07. The lowest BCUT2D eigenvalue weighted by molar-refractivity contribution is -0.0745. The van der Waals surface area contributed by atoms with Crippen molar-refractivity contribution in [1.29, 1.82) is 0 Å². The van der Waals surface area contributed by atoms with Crippen molar-refractivity contribution >= 4 is 10.8 Å². The van der Waals surface area contributed by atoms with E-state index >= 15 is 0 Å². The van der Waals surface area contributed by atoms with Gasteiger partial charge in [0.05, 0.1) is 10.8 Å². The molecule has 0 bridgehead atoms. The summed E-state index contributed by atoms with van der Waals surface area (Å²) in [4.78, 5) is 0.779. The number of aryl methyl sites for hydroxylation is 1. The fourth-order valence-corrected chi connectivity index (χ4v) is 2.42. The first-order valence-corrected chi connectivity index (χ1v) is 6.51. The molecule has 0 aliphatic heterocycles. The summed E-state index contributed by atoms with van der Waals surface area (Å²) in [6.45, 7) is 3.84. The Balaban J connectivity index is 2.84. The van der Waals surface area contributed by atoms with Gasteiger partial charge in [-0.3, -0.25) is 0 Å². The van der Waals surface area contributed by atoms with Crippen molar-refractivity contribution in [2.24, 2.45) is 0 Å². The van der Waals surface area contributed by atoms with E-state index in [2.05, 4.69) is 0 Å². The fraction of sp³-hybridized carbons (Fsp3) is 0.385. The Hall–Kier alpha value is -0.970. The highest BCUT2D eigenvalue weighted by Gasteiger charge is 2.09. The Morgan fingerprint density at radius 3 is 2.24 bits per heavy atom. The van der Waals surface area contributed by atoms with Gasteiger partial charge in [0.1, 0.15) is 0 Å². The molecule has 0 unspecified atom stereocenters. The van der Waals surface area contributed by atoms with Gasteiger partial charge in [0.25, 0.3) is 0 Å². The summed E-state index contributed by atoms with van der Waals surface area (Å²) in [5.41, 5.74) is 1.95. The molecule has 4 heteroatoms. The Morgan fingerprint density at radius 2 is 1.76 bits per heavy atom. The molecule has 0 aliphatic rings. The normalized spacial score (nSPS) is 14.1. The molecule has 0 aliphatic carbocycles. The number of rotatable bonds is 5. The molecule has 1 aromatic rings. The molecule has 94 valence electrons. The zero-order valence-corrected chi connectivity index (χ0v) is 11.4. The standard InChI is InChI=1S/C13H18O3S/c1-10-5-7-12(8-6-10)17(14)9-11(2)13(15-3)16-4/h5-9,13H,1-4H3/b11-9+/t17-/m1/s1. The van der Waals surface area contributed by atoms with E-state index in [9.17, 15) is 4.21 Å². The van der Waals surface area contributed by atoms with Crippen LogP contribution in [0.1, 0.15) is 12.5 Å². The van der Waals surface area contributed by atoms with Crippen LogP contribution in [0.25, 0.3) is 0 Å². The van der Waals surface area contributed by atoms with Gasteiger partial charge >= 0.3 is 0 Å². The molecule has 1 atom stereocenters. The van der Waals surface area contributed by atoms with Gasteiger partial charge in [-0.05, 0) is 31.6 Å². The third-order valence-corrected chi connectivity index (χ3v) is 3.67. The van der Waals surface area contributed by atoms with Crippen molar-refractivity contribution in [1.82, 2.24) is 0 Å². The SMILES string of the molecule is COC(OC)/C(C)=C/[S@@](=O)c1ccc(C)cc1. The van der Waals surface area contributed by atoms with Gasteiger partial charge in [-0.15, -0.1) is 0 Å². The van der Waals surface area contributed by atoms with Crippen molar-refractivity contribution in [2.45, 2.75) is 25.0 Å². The number of ether oxygens (including phenoxy) is 2. The molecule has 1 rings (SSSR count). The minimum atomic E-state index is -1.17. The van der Waals surface area contributed by atoms with Crippen LogP contribution in [-0.2, 0) is 20.3 Å². The van der Waals surface area contributed by atoms with Crippen molar-refractivity contribution in [3.63, 3.8) is 0 Å². The lowest BCUT2D eigenvalue weighted by Gasteiger charge is -2.13. The Kier molecular flexibility index (Phi) is 5.55. The second-order valence-electron chi connectivity index (χ2n) is 3.78. The third-order valence-electron chi connectivity index (χ3n) is 2.35. The molecule has 0 saturated carbocycles. The summed E-state index contributed by atoms with van der Waals surface area (Å²) in [6, 6.07) is 7.62. The largest absolute Gasteiger partial charge is 0.352 e. The zero-order valence-electron chi connectivity index (χ0n) is 10.6. The molecule has 0 saturated heterocycles. The maximum Gasteiger partial charge on any atom is 0.179 e. The number of methoxy groups -OCH3 is 2. The van der Waals surface area contributed by atoms with Crippen LogP contribution in [0.5, 0.6) is 0 Å². The molecule has 0 fully saturated rings. The first kappa shape index (κ1) is 14.1. The monoisotopic (exact) mass is 254 g/mol. The topological polar surface area (TPSA) is 35.5 Å². The van der Waals surface area contributed by atoms with E-state index in [0.29, 0.717) is 0 Å². The Morgan fingerprint density at radius 1 is 1.24 bits per heavy atom. The van der Waals surface area contributed by atoms with Crippen LogP contribution < -0.4 is 0 Å². The van der Waals surface area contributed by atoms with E-state index in [-0.39, 0.29) is 0 Å². The van der Waals surface area contributed by atoms with Gasteiger partial charge < -0.3 is 9.47 Å². The molecule has 3 nitrogen and oxygen atoms in total. The number of benzene rings is 1. The van der Waals surface area contributed by atoms with Gasteiger partial charge in [-0.25, -0.2) is 4.21 Å². The van der Waals surface area contributed by atoms with Crippen LogP contribution in [0.4, 0.5) is 0 Å². The van der Waals surface area contributed by atoms with Crippen LogP contribution in [0.15, 0.2) is 40.1 Å². The van der Waals surface area contributed by atoms with Crippen molar-refractivity contribution < 1.29 is 13.7 Å². The second kappa shape index (κ2) is 6.69. The highest BCUT2D eigenvalue weighted by atomic mass is 32.2. The predicted molar refractivity (Wildman–Crippen MR) is 69.2 cm³/mol. The first-order chi connectivity index (χ1) is 8.08. The van der Waals surface area contributed by atoms with Crippen LogP contribution in [0.3, 0.4) is 0 Å². The molecule has 0 amide bonds. The van der Waals surface area contributed by atoms with Crippen LogP contribution >= 0.6 is 0 Å². The van der Waals surface area contributed by atoms with Crippen LogP contribution in [0, 0.1) is 6.92 Å². The molecule has 1 aromatic carbocycles. The molecule has 0 spiro atoms. The highest BCUT2D eigenvalue weighted by Crippen LogP contribution is 2.13. The van der Waals surface area contributed by atoms with Gasteiger partial charge in [0.15, 0.2) is 6.29 Å². The van der Waals surface area contributed by atoms with Gasteiger partial charge in [0.2, 0.25) is 0 Å². The van der Waals surface area contributed by atoms with Gasteiger partial charge in [0, 0.05) is 24.5 Å². The van der Waals surface area contributed by atoms with E-state index < -0.39 is 17.1 Å². The molecular weight excluding hydrogens is 236 g/mol. The van der Waals surface area contributed by atoms with E-state index in [1.165, 1.54) is 0 Å².